The average Bonchev–Trinajstić information content (AvgIpc) is 2.54. The molecule has 5 heteroatoms. The Morgan fingerprint density at radius 2 is 2.31 bits per heavy atom. The van der Waals surface area contributed by atoms with E-state index in [1.807, 2.05) is 11.8 Å². The minimum absolute atomic E-state index is 0.956. The Balaban J connectivity index is 2.31. The fourth-order valence-corrected chi connectivity index (χ4v) is 2.07. The number of hydrogen-bond donors (Lipinski definition) is 1. The Hall–Kier alpha value is -0.290. The maximum Gasteiger partial charge on any atom is 0.205 e. The number of aryl methyl sites for hydroxylation is 1. The van der Waals surface area contributed by atoms with Crippen molar-refractivity contribution < 1.29 is 0 Å². The minimum atomic E-state index is 0.956. The fraction of sp³-hybridized carbons (Fsp3) is 0.750. The molecule has 0 aliphatic carbocycles. The second-order valence-electron chi connectivity index (χ2n) is 2.67. The molecule has 0 atom stereocenters. The van der Waals surface area contributed by atoms with Crippen LogP contribution in [0.1, 0.15) is 18.4 Å². The third-order valence-electron chi connectivity index (χ3n) is 1.51. The fourth-order valence-electron chi connectivity index (χ4n) is 0.900. The molecule has 0 radical (unpaired) electrons. The standard InChI is InChI=1S/C8H15N3S2/c1-3-4-7-10-11-8(13-7)9-5-6-12-2/h3-6H2,1-2H3,(H,9,11). The van der Waals surface area contributed by atoms with Crippen molar-refractivity contribution in [2.24, 2.45) is 0 Å². The lowest BCUT2D eigenvalue weighted by Gasteiger charge is -1.97. The zero-order valence-electron chi connectivity index (χ0n) is 8.04. The molecule has 0 fully saturated rings. The predicted octanol–water partition coefficient (Wildman–Crippen LogP) is 2.27. The van der Waals surface area contributed by atoms with Gasteiger partial charge in [-0.2, -0.15) is 11.8 Å². The zero-order chi connectivity index (χ0) is 9.52. The second kappa shape index (κ2) is 6.21. The summed E-state index contributed by atoms with van der Waals surface area (Å²) >= 11 is 3.50. The highest BCUT2D eigenvalue weighted by atomic mass is 32.2. The SMILES string of the molecule is CCCc1nnc(NCCSC)s1. The number of hydrogen-bond acceptors (Lipinski definition) is 5. The Morgan fingerprint density at radius 1 is 1.46 bits per heavy atom. The lowest BCUT2D eigenvalue weighted by Crippen LogP contribution is -2.02. The van der Waals surface area contributed by atoms with Gasteiger partial charge < -0.3 is 5.32 Å². The van der Waals surface area contributed by atoms with Crippen molar-refractivity contribution >= 4 is 28.2 Å². The van der Waals surface area contributed by atoms with E-state index in [4.69, 9.17) is 0 Å². The Kier molecular flexibility index (Phi) is 5.15. The first-order valence-electron chi connectivity index (χ1n) is 4.42. The van der Waals surface area contributed by atoms with E-state index in [1.54, 1.807) is 11.3 Å². The number of nitrogens with one attached hydrogen (secondary N) is 1. The van der Waals surface area contributed by atoms with Crippen LogP contribution < -0.4 is 5.32 Å². The molecule has 74 valence electrons. The van der Waals surface area contributed by atoms with Crippen molar-refractivity contribution in [2.45, 2.75) is 19.8 Å². The summed E-state index contributed by atoms with van der Waals surface area (Å²) in [7, 11) is 0. The van der Waals surface area contributed by atoms with Crippen LogP contribution in [0.3, 0.4) is 0 Å². The van der Waals surface area contributed by atoms with E-state index in [1.165, 1.54) is 0 Å². The second-order valence-corrected chi connectivity index (χ2v) is 4.72. The molecule has 1 N–H and O–H groups in total. The maximum absolute atomic E-state index is 4.08. The van der Waals surface area contributed by atoms with Crippen LogP contribution in [0.5, 0.6) is 0 Å². The van der Waals surface area contributed by atoms with Gasteiger partial charge in [-0.25, -0.2) is 0 Å². The van der Waals surface area contributed by atoms with Crippen LogP contribution in [-0.4, -0.2) is 28.8 Å². The number of anilines is 1. The summed E-state index contributed by atoms with van der Waals surface area (Å²) in [6, 6.07) is 0. The van der Waals surface area contributed by atoms with Gasteiger partial charge in [0.15, 0.2) is 0 Å². The topological polar surface area (TPSA) is 37.8 Å². The van der Waals surface area contributed by atoms with Crippen LogP contribution in [0.2, 0.25) is 0 Å². The van der Waals surface area contributed by atoms with Gasteiger partial charge in [-0.3, -0.25) is 0 Å². The molecule has 0 aromatic carbocycles. The van der Waals surface area contributed by atoms with Crippen LogP contribution in [0, 0.1) is 0 Å². The molecule has 0 aliphatic rings. The van der Waals surface area contributed by atoms with E-state index in [-0.39, 0.29) is 0 Å². The highest BCUT2D eigenvalue weighted by Gasteiger charge is 2.01. The summed E-state index contributed by atoms with van der Waals surface area (Å²) < 4.78 is 0. The van der Waals surface area contributed by atoms with E-state index in [0.29, 0.717) is 0 Å². The molecule has 0 spiro atoms. The number of thioether (sulfide) groups is 1. The third-order valence-corrected chi connectivity index (χ3v) is 3.07. The van der Waals surface area contributed by atoms with E-state index in [9.17, 15) is 0 Å². The zero-order valence-corrected chi connectivity index (χ0v) is 9.67. The molecule has 0 bridgehead atoms. The highest BCUT2D eigenvalue weighted by Crippen LogP contribution is 2.16. The van der Waals surface area contributed by atoms with Gasteiger partial charge in [-0.05, 0) is 12.7 Å². The lowest BCUT2D eigenvalue weighted by atomic mass is 10.4. The van der Waals surface area contributed by atoms with Crippen LogP contribution >= 0.6 is 23.1 Å². The maximum atomic E-state index is 4.08. The van der Waals surface area contributed by atoms with Crippen molar-refractivity contribution in [3.8, 4) is 0 Å². The molecular weight excluding hydrogens is 202 g/mol. The molecule has 0 saturated heterocycles. The van der Waals surface area contributed by atoms with Crippen molar-refractivity contribution in [2.75, 3.05) is 23.9 Å². The highest BCUT2D eigenvalue weighted by molar-refractivity contribution is 7.98. The van der Waals surface area contributed by atoms with Gasteiger partial charge in [-0.1, -0.05) is 18.3 Å². The van der Waals surface area contributed by atoms with E-state index in [0.717, 1.165) is 35.3 Å². The molecule has 0 aliphatic heterocycles. The Bertz CT molecular complexity index is 237. The number of aromatic nitrogens is 2. The van der Waals surface area contributed by atoms with Gasteiger partial charge >= 0.3 is 0 Å². The van der Waals surface area contributed by atoms with Crippen LogP contribution in [0.25, 0.3) is 0 Å². The summed E-state index contributed by atoms with van der Waals surface area (Å²) in [4.78, 5) is 0. The molecule has 3 nitrogen and oxygen atoms in total. The van der Waals surface area contributed by atoms with Gasteiger partial charge in [0.05, 0.1) is 0 Å². The molecule has 1 rings (SSSR count). The molecule has 0 unspecified atom stereocenters. The Labute approximate surface area is 87.3 Å². The van der Waals surface area contributed by atoms with E-state index < -0.39 is 0 Å². The predicted molar refractivity (Wildman–Crippen MR) is 60.8 cm³/mol. The normalized spacial score (nSPS) is 10.3. The average molecular weight is 217 g/mol. The summed E-state index contributed by atoms with van der Waals surface area (Å²) in [6.07, 6.45) is 4.28. The Morgan fingerprint density at radius 3 is 3.00 bits per heavy atom. The lowest BCUT2D eigenvalue weighted by molar-refractivity contribution is 0.878. The summed E-state index contributed by atoms with van der Waals surface area (Å²) in [5, 5.41) is 13.5. The molecule has 13 heavy (non-hydrogen) atoms. The van der Waals surface area contributed by atoms with Gasteiger partial charge in [0.25, 0.3) is 0 Å². The van der Waals surface area contributed by atoms with Crippen molar-refractivity contribution in [1.82, 2.24) is 10.2 Å². The third kappa shape index (κ3) is 3.95. The molecule has 0 saturated carbocycles. The van der Waals surface area contributed by atoms with Crippen molar-refractivity contribution in [3.63, 3.8) is 0 Å². The molecule has 1 aromatic heterocycles. The van der Waals surface area contributed by atoms with Gasteiger partial charge in [0, 0.05) is 18.7 Å². The van der Waals surface area contributed by atoms with Crippen LogP contribution in [0.15, 0.2) is 0 Å². The molecular formula is C8H15N3S2. The summed E-state index contributed by atoms with van der Waals surface area (Å²) in [5.41, 5.74) is 0. The quantitative estimate of drug-likeness (QED) is 0.742. The summed E-state index contributed by atoms with van der Waals surface area (Å²) in [6.45, 7) is 3.13. The van der Waals surface area contributed by atoms with Gasteiger partial charge in [0.1, 0.15) is 5.01 Å². The minimum Gasteiger partial charge on any atom is -0.359 e. The molecule has 1 aromatic rings. The first-order chi connectivity index (χ1) is 6.36. The smallest absolute Gasteiger partial charge is 0.205 e. The van der Waals surface area contributed by atoms with E-state index in [2.05, 4.69) is 28.7 Å². The van der Waals surface area contributed by atoms with Gasteiger partial charge in [0.2, 0.25) is 5.13 Å². The van der Waals surface area contributed by atoms with Gasteiger partial charge in [-0.15, -0.1) is 10.2 Å². The van der Waals surface area contributed by atoms with Crippen molar-refractivity contribution in [3.05, 3.63) is 5.01 Å². The first kappa shape index (κ1) is 10.8. The largest absolute Gasteiger partial charge is 0.359 e. The molecule has 0 amide bonds. The summed E-state index contributed by atoms with van der Waals surface area (Å²) in [5.74, 6) is 1.11. The van der Waals surface area contributed by atoms with Crippen molar-refractivity contribution in [1.29, 1.82) is 0 Å². The monoisotopic (exact) mass is 217 g/mol. The number of rotatable bonds is 6. The molecule has 1 heterocycles. The number of nitrogens with zero attached hydrogens (tertiary/aromatic N) is 2. The van der Waals surface area contributed by atoms with E-state index >= 15 is 0 Å². The van der Waals surface area contributed by atoms with Crippen LogP contribution in [-0.2, 0) is 6.42 Å². The first-order valence-corrected chi connectivity index (χ1v) is 6.63. The van der Waals surface area contributed by atoms with Crippen LogP contribution in [0.4, 0.5) is 5.13 Å².